The molecule has 0 spiro atoms. The Morgan fingerprint density at radius 2 is 1.71 bits per heavy atom. The highest BCUT2D eigenvalue weighted by atomic mass is 35.5. The van der Waals surface area contributed by atoms with Crippen LogP contribution in [0.5, 0.6) is 0 Å². The topological polar surface area (TPSA) is 63.4 Å². The molecular weight excluding hydrogens is 502 g/mol. The summed E-state index contributed by atoms with van der Waals surface area (Å²) in [5, 5.41) is 0.824. The first-order chi connectivity index (χ1) is 16.2. The molecule has 0 radical (unpaired) electrons. The Morgan fingerprint density at radius 3 is 2.17 bits per heavy atom. The lowest BCUT2D eigenvalue weighted by molar-refractivity contribution is -0.851. The van der Waals surface area contributed by atoms with E-state index in [1.807, 2.05) is 19.0 Å². The number of carbonyl (C=O) groups excluding carboxylic acids is 2. The summed E-state index contributed by atoms with van der Waals surface area (Å²) in [5.41, 5.74) is 5.30. The lowest BCUT2D eigenvalue weighted by Crippen LogP contribution is -2.66. The standard InChI is InChI=1S/C25H28Cl2F3N3O2/c1-32(2)12-13-33(3,23(35)24(10-11-24)19-9-8-18(26)15-20(19)27)21(22(31)34)14-16-4-6-17(7-5-16)25(28,29)30/h4-9,15,21H,10-14H2,1-3H3,(H-,31,34)/p+1/t21-,33?/m0/s1. The van der Waals surface area contributed by atoms with Crippen molar-refractivity contribution < 1.29 is 27.2 Å². The first-order valence-corrected chi connectivity index (χ1v) is 11.9. The van der Waals surface area contributed by atoms with E-state index < -0.39 is 29.1 Å². The number of hydrogen-bond acceptors (Lipinski definition) is 3. The summed E-state index contributed by atoms with van der Waals surface area (Å²) >= 11 is 12.5. The van der Waals surface area contributed by atoms with E-state index in [2.05, 4.69) is 0 Å². The Labute approximate surface area is 213 Å². The van der Waals surface area contributed by atoms with Crippen LogP contribution in [0.15, 0.2) is 42.5 Å². The van der Waals surface area contributed by atoms with Gasteiger partial charge in [0.1, 0.15) is 5.41 Å². The van der Waals surface area contributed by atoms with Gasteiger partial charge in [0.25, 0.3) is 5.91 Å². The van der Waals surface area contributed by atoms with E-state index in [1.165, 1.54) is 12.1 Å². The Hall–Kier alpha value is -2.13. The number of hydrogen-bond donors (Lipinski definition) is 1. The number of nitrogens with two attached hydrogens (primary N) is 1. The average Bonchev–Trinajstić information content (AvgIpc) is 3.56. The Bertz CT molecular complexity index is 1100. The maximum absolute atomic E-state index is 14.2. The first kappa shape index (κ1) is 27.5. The summed E-state index contributed by atoms with van der Waals surface area (Å²) < 4.78 is 38.7. The van der Waals surface area contributed by atoms with Crippen LogP contribution in [0.25, 0.3) is 0 Å². The van der Waals surface area contributed by atoms with E-state index in [0.29, 0.717) is 40.6 Å². The van der Waals surface area contributed by atoms with Gasteiger partial charge in [0.05, 0.1) is 19.2 Å². The molecule has 2 atom stereocenters. The third-order valence-electron chi connectivity index (χ3n) is 6.81. The fourth-order valence-corrected chi connectivity index (χ4v) is 5.12. The quantitative estimate of drug-likeness (QED) is 0.479. The highest BCUT2D eigenvalue weighted by molar-refractivity contribution is 6.35. The molecule has 3 rings (SSSR count). The van der Waals surface area contributed by atoms with E-state index in [0.717, 1.165) is 12.1 Å². The van der Waals surface area contributed by atoms with E-state index in [4.69, 9.17) is 28.9 Å². The molecule has 0 saturated heterocycles. The molecule has 0 bridgehead atoms. The third kappa shape index (κ3) is 5.82. The second kappa shape index (κ2) is 10.1. The molecule has 10 heteroatoms. The van der Waals surface area contributed by atoms with Crippen molar-refractivity contribution in [2.24, 2.45) is 5.73 Å². The maximum Gasteiger partial charge on any atom is 0.416 e. The van der Waals surface area contributed by atoms with Gasteiger partial charge in [-0.1, -0.05) is 41.4 Å². The van der Waals surface area contributed by atoms with Crippen LogP contribution in [-0.4, -0.2) is 61.5 Å². The molecule has 0 aromatic heterocycles. The summed E-state index contributed by atoms with van der Waals surface area (Å²) in [7, 11) is 5.38. The third-order valence-corrected chi connectivity index (χ3v) is 7.36. The number of amides is 2. The smallest absolute Gasteiger partial charge is 0.364 e. The van der Waals surface area contributed by atoms with Gasteiger partial charge in [0.2, 0.25) is 0 Å². The molecule has 2 amide bonds. The predicted octanol–water partition coefficient (Wildman–Crippen LogP) is 4.68. The predicted molar refractivity (Wildman–Crippen MR) is 130 cm³/mol. The molecule has 1 aliphatic rings. The van der Waals surface area contributed by atoms with Crippen LogP contribution in [0.4, 0.5) is 13.2 Å². The number of quaternary nitrogens is 1. The average molecular weight is 531 g/mol. The van der Waals surface area contributed by atoms with Crippen LogP contribution in [0.3, 0.4) is 0 Å². The molecular formula is C25H29Cl2F3N3O2+. The monoisotopic (exact) mass is 530 g/mol. The van der Waals surface area contributed by atoms with Crippen molar-refractivity contribution in [3.8, 4) is 0 Å². The molecule has 0 aliphatic heterocycles. The highest BCUT2D eigenvalue weighted by Crippen LogP contribution is 2.53. The minimum absolute atomic E-state index is 0.0214. The fourth-order valence-electron chi connectivity index (χ4n) is 4.53. The van der Waals surface area contributed by atoms with Gasteiger partial charge in [-0.25, -0.2) is 4.79 Å². The number of likely N-dealkylation sites (N-methyl/N-ethyl adjacent to an activating group) is 2. The number of primary amides is 1. The summed E-state index contributed by atoms with van der Waals surface area (Å²) in [6, 6.07) is 8.59. The normalized spacial score (nSPS) is 17.6. The van der Waals surface area contributed by atoms with Crippen molar-refractivity contribution in [3.05, 3.63) is 69.2 Å². The van der Waals surface area contributed by atoms with Gasteiger partial charge < -0.3 is 10.6 Å². The first-order valence-electron chi connectivity index (χ1n) is 11.2. The van der Waals surface area contributed by atoms with Crippen LogP contribution in [0.2, 0.25) is 10.0 Å². The largest absolute Gasteiger partial charge is 0.416 e. The molecule has 1 aliphatic carbocycles. The summed E-state index contributed by atoms with van der Waals surface area (Å²) in [6.07, 6.45) is -3.32. The molecule has 2 N–H and O–H groups in total. The van der Waals surface area contributed by atoms with Crippen LogP contribution in [0.1, 0.15) is 29.5 Å². The van der Waals surface area contributed by atoms with E-state index >= 15 is 0 Å². The Kier molecular flexibility index (Phi) is 7.91. The van der Waals surface area contributed by atoms with Crippen molar-refractivity contribution in [2.45, 2.75) is 36.9 Å². The Balaban J connectivity index is 2.01. The lowest BCUT2D eigenvalue weighted by Gasteiger charge is -2.40. The number of alkyl halides is 3. The van der Waals surface area contributed by atoms with Crippen LogP contribution in [-0.2, 0) is 27.6 Å². The van der Waals surface area contributed by atoms with Crippen molar-refractivity contribution in [1.29, 1.82) is 0 Å². The second-order valence-corrected chi connectivity index (χ2v) is 10.5. The van der Waals surface area contributed by atoms with Crippen molar-refractivity contribution in [2.75, 3.05) is 34.2 Å². The SMILES string of the molecule is CN(C)CC[N+](C)(C(=O)C1(c2ccc(Cl)cc2Cl)CC1)[C@@H](Cc1ccc(C(F)(F)F)cc1)C(N)=O. The second-order valence-electron chi connectivity index (χ2n) is 9.62. The number of nitrogens with zero attached hydrogens (tertiary/aromatic N) is 2. The molecule has 5 nitrogen and oxygen atoms in total. The van der Waals surface area contributed by atoms with Crippen molar-refractivity contribution >= 4 is 35.0 Å². The molecule has 2 aromatic rings. The number of carbonyl (C=O) groups is 2. The van der Waals surface area contributed by atoms with Gasteiger partial charge in [-0.2, -0.15) is 13.2 Å². The molecule has 35 heavy (non-hydrogen) atoms. The van der Waals surface area contributed by atoms with Gasteiger partial charge >= 0.3 is 12.1 Å². The minimum Gasteiger partial charge on any atom is -0.364 e. The van der Waals surface area contributed by atoms with Crippen molar-refractivity contribution in [3.63, 3.8) is 0 Å². The van der Waals surface area contributed by atoms with Gasteiger partial charge in [0, 0.05) is 23.0 Å². The number of halogens is 5. The van der Waals surface area contributed by atoms with Crippen LogP contribution in [0, 0.1) is 0 Å². The van der Waals surface area contributed by atoms with E-state index in [9.17, 15) is 22.8 Å². The lowest BCUT2D eigenvalue weighted by atomic mass is 9.90. The zero-order chi connectivity index (χ0) is 26.2. The van der Waals surface area contributed by atoms with Crippen LogP contribution >= 0.6 is 23.2 Å². The van der Waals surface area contributed by atoms with Gasteiger partial charge in [-0.15, -0.1) is 0 Å². The zero-order valence-electron chi connectivity index (χ0n) is 19.8. The Morgan fingerprint density at radius 1 is 1.11 bits per heavy atom. The molecule has 2 aromatic carbocycles. The summed E-state index contributed by atoms with van der Waals surface area (Å²) in [5.74, 6) is -0.892. The fraction of sp³-hybridized carbons (Fsp3) is 0.440. The van der Waals surface area contributed by atoms with Gasteiger partial charge in [-0.05, 0) is 62.3 Å². The number of rotatable bonds is 9. The number of benzene rings is 2. The molecule has 0 heterocycles. The molecule has 1 fully saturated rings. The van der Waals surface area contributed by atoms with E-state index in [1.54, 1.807) is 25.2 Å². The zero-order valence-corrected chi connectivity index (χ0v) is 21.3. The summed E-state index contributed by atoms with van der Waals surface area (Å²) in [6.45, 7) is 0.774. The van der Waals surface area contributed by atoms with Crippen LogP contribution < -0.4 is 5.73 Å². The van der Waals surface area contributed by atoms with Crippen molar-refractivity contribution in [1.82, 2.24) is 4.90 Å². The van der Waals surface area contributed by atoms with Gasteiger partial charge in [0.15, 0.2) is 6.04 Å². The molecule has 1 saturated carbocycles. The van der Waals surface area contributed by atoms with E-state index in [-0.39, 0.29) is 23.4 Å². The minimum atomic E-state index is -4.47. The molecule has 1 unspecified atom stereocenters. The highest BCUT2D eigenvalue weighted by Gasteiger charge is 2.62. The molecule has 190 valence electrons. The summed E-state index contributed by atoms with van der Waals surface area (Å²) in [4.78, 5) is 28.9. The van der Waals surface area contributed by atoms with Gasteiger partial charge in [-0.3, -0.25) is 9.28 Å². The maximum atomic E-state index is 14.2.